The molecule has 1 atom stereocenters. The molecule has 3 aliphatic rings. The van der Waals surface area contributed by atoms with Crippen LogP contribution in [0.25, 0.3) is 0 Å². The van der Waals surface area contributed by atoms with Gasteiger partial charge in [-0.25, -0.2) is 0 Å². The number of likely N-dealkylation sites (tertiary alicyclic amines) is 3. The summed E-state index contributed by atoms with van der Waals surface area (Å²) in [6, 6.07) is 10.9. The molecule has 27 heavy (non-hydrogen) atoms. The van der Waals surface area contributed by atoms with Gasteiger partial charge in [-0.05, 0) is 49.6 Å². The first-order valence-electron chi connectivity index (χ1n) is 10.3. The molecule has 3 saturated heterocycles. The number of amides is 2. The van der Waals surface area contributed by atoms with Crippen molar-refractivity contribution in [1.82, 2.24) is 14.7 Å². The Kier molecular flexibility index (Phi) is 5.22. The number of hydrogen-bond donors (Lipinski definition) is 0. The third kappa shape index (κ3) is 4.03. The predicted molar refractivity (Wildman–Crippen MR) is 105 cm³/mol. The maximum absolute atomic E-state index is 12.6. The highest BCUT2D eigenvalue weighted by molar-refractivity contribution is 5.85. The van der Waals surface area contributed by atoms with E-state index in [1.54, 1.807) is 4.90 Å². The van der Waals surface area contributed by atoms with Crippen molar-refractivity contribution in [1.29, 1.82) is 0 Å². The van der Waals surface area contributed by atoms with Gasteiger partial charge >= 0.3 is 0 Å². The summed E-state index contributed by atoms with van der Waals surface area (Å²) >= 11 is 0. The van der Waals surface area contributed by atoms with Gasteiger partial charge in [-0.1, -0.05) is 30.3 Å². The Bertz CT molecular complexity index is 682. The Labute approximate surface area is 162 Å². The van der Waals surface area contributed by atoms with E-state index in [1.807, 2.05) is 4.90 Å². The zero-order valence-electron chi connectivity index (χ0n) is 16.4. The van der Waals surface area contributed by atoms with E-state index in [0.29, 0.717) is 17.8 Å². The Hall–Kier alpha value is -1.88. The minimum Gasteiger partial charge on any atom is -0.341 e. The molecule has 1 aromatic rings. The summed E-state index contributed by atoms with van der Waals surface area (Å²) in [5, 5.41) is 0. The zero-order valence-corrected chi connectivity index (χ0v) is 16.4. The fourth-order valence-electron chi connectivity index (χ4n) is 5.34. The fourth-order valence-corrected chi connectivity index (χ4v) is 5.34. The molecule has 1 aromatic carbocycles. The van der Waals surface area contributed by atoms with Crippen LogP contribution in [0.5, 0.6) is 0 Å². The Morgan fingerprint density at radius 1 is 1.15 bits per heavy atom. The topological polar surface area (TPSA) is 43.9 Å². The van der Waals surface area contributed by atoms with Gasteiger partial charge in [0.25, 0.3) is 0 Å². The second-order valence-electron chi connectivity index (χ2n) is 8.81. The van der Waals surface area contributed by atoms with Crippen molar-refractivity contribution in [2.75, 3.05) is 46.3 Å². The number of benzene rings is 1. The second-order valence-corrected chi connectivity index (χ2v) is 8.81. The molecule has 2 amide bonds. The lowest BCUT2D eigenvalue weighted by atomic mass is 9.68. The predicted octanol–water partition coefficient (Wildman–Crippen LogP) is 2.34. The minimum absolute atomic E-state index is 0.129. The highest BCUT2D eigenvalue weighted by Crippen LogP contribution is 2.44. The molecule has 1 unspecified atom stereocenters. The summed E-state index contributed by atoms with van der Waals surface area (Å²) in [7, 11) is 2.23. The van der Waals surface area contributed by atoms with E-state index in [1.165, 1.54) is 12.0 Å². The van der Waals surface area contributed by atoms with Crippen LogP contribution >= 0.6 is 0 Å². The average Bonchev–Trinajstić information content (AvgIpc) is 3.07. The summed E-state index contributed by atoms with van der Waals surface area (Å²) in [5.74, 6) is 0.842. The summed E-state index contributed by atoms with van der Waals surface area (Å²) in [4.78, 5) is 30.6. The Morgan fingerprint density at radius 3 is 2.56 bits per heavy atom. The molecule has 0 bridgehead atoms. The molecule has 3 heterocycles. The van der Waals surface area contributed by atoms with Gasteiger partial charge in [0.15, 0.2) is 0 Å². The SMILES string of the molecule is CN1CC(c2ccccc2)CC2(CCN(C(=O)CN3CCCC3=O)CC2)C1. The van der Waals surface area contributed by atoms with Gasteiger partial charge in [0.2, 0.25) is 11.8 Å². The van der Waals surface area contributed by atoms with E-state index in [4.69, 9.17) is 0 Å². The molecule has 0 saturated carbocycles. The first kappa shape index (κ1) is 18.5. The zero-order chi connectivity index (χ0) is 18.9. The van der Waals surface area contributed by atoms with Crippen molar-refractivity contribution >= 4 is 11.8 Å². The molecular formula is C22H31N3O2. The van der Waals surface area contributed by atoms with Crippen LogP contribution in [0.1, 0.15) is 43.6 Å². The van der Waals surface area contributed by atoms with Gasteiger partial charge in [-0.3, -0.25) is 9.59 Å². The van der Waals surface area contributed by atoms with Gasteiger partial charge in [0.05, 0.1) is 6.54 Å². The number of likely N-dealkylation sites (N-methyl/N-ethyl adjacent to an activating group) is 1. The average molecular weight is 370 g/mol. The first-order valence-corrected chi connectivity index (χ1v) is 10.3. The number of piperidine rings is 2. The summed E-state index contributed by atoms with van der Waals surface area (Å²) in [6.45, 7) is 4.92. The first-order chi connectivity index (χ1) is 13.0. The van der Waals surface area contributed by atoms with Crippen molar-refractivity contribution in [3.8, 4) is 0 Å². The van der Waals surface area contributed by atoms with Crippen molar-refractivity contribution in [3.05, 3.63) is 35.9 Å². The van der Waals surface area contributed by atoms with Gasteiger partial charge in [-0.2, -0.15) is 0 Å². The molecule has 3 fully saturated rings. The summed E-state index contributed by atoms with van der Waals surface area (Å²) in [6.07, 6.45) is 4.85. The normalized spacial score (nSPS) is 26.0. The quantitative estimate of drug-likeness (QED) is 0.821. The standard InChI is InChI=1S/C22H31N3O2/c1-23-15-19(18-6-3-2-4-7-18)14-22(17-23)9-12-24(13-10-22)21(27)16-25-11-5-8-20(25)26/h2-4,6-7,19H,5,8-17H2,1H3. The van der Waals surface area contributed by atoms with Gasteiger partial charge in [-0.15, -0.1) is 0 Å². The maximum Gasteiger partial charge on any atom is 0.242 e. The van der Waals surface area contributed by atoms with Crippen LogP contribution in [0.3, 0.4) is 0 Å². The fraction of sp³-hybridized carbons (Fsp3) is 0.636. The number of carbonyl (C=O) groups excluding carboxylic acids is 2. The van der Waals surface area contributed by atoms with Gasteiger partial charge in [0.1, 0.15) is 0 Å². The van der Waals surface area contributed by atoms with Crippen LogP contribution in [-0.4, -0.2) is 72.8 Å². The number of carbonyl (C=O) groups is 2. The Balaban J connectivity index is 1.37. The van der Waals surface area contributed by atoms with Crippen LogP contribution in [0.2, 0.25) is 0 Å². The van der Waals surface area contributed by atoms with E-state index < -0.39 is 0 Å². The summed E-state index contributed by atoms with van der Waals surface area (Å²) in [5.41, 5.74) is 1.75. The van der Waals surface area contributed by atoms with Crippen molar-refractivity contribution in [2.45, 2.75) is 38.0 Å². The van der Waals surface area contributed by atoms with E-state index in [0.717, 1.165) is 52.0 Å². The number of rotatable bonds is 3. The van der Waals surface area contributed by atoms with Gasteiger partial charge in [0, 0.05) is 39.1 Å². The van der Waals surface area contributed by atoms with Crippen LogP contribution in [-0.2, 0) is 9.59 Å². The third-order valence-corrected chi connectivity index (χ3v) is 6.76. The smallest absolute Gasteiger partial charge is 0.242 e. The number of nitrogens with zero attached hydrogens (tertiary/aromatic N) is 3. The molecule has 0 aliphatic carbocycles. The molecule has 0 N–H and O–H groups in total. The molecule has 0 radical (unpaired) electrons. The van der Waals surface area contributed by atoms with Crippen molar-refractivity contribution in [2.24, 2.45) is 5.41 Å². The molecule has 5 nitrogen and oxygen atoms in total. The lowest BCUT2D eigenvalue weighted by molar-refractivity contribution is -0.140. The molecule has 3 aliphatic heterocycles. The third-order valence-electron chi connectivity index (χ3n) is 6.76. The molecule has 4 rings (SSSR count). The summed E-state index contributed by atoms with van der Waals surface area (Å²) < 4.78 is 0. The van der Waals surface area contributed by atoms with E-state index >= 15 is 0 Å². The highest BCUT2D eigenvalue weighted by Gasteiger charge is 2.42. The van der Waals surface area contributed by atoms with Crippen molar-refractivity contribution < 1.29 is 9.59 Å². The highest BCUT2D eigenvalue weighted by atomic mass is 16.2. The van der Waals surface area contributed by atoms with Crippen LogP contribution in [0.4, 0.5) is 0 Å². The molecule has 5 heteroatoms. The molecule has 146 valence electrons. The Morgan fingerprint density at radius 2 is 1.89 bits per heavy atom. The van der Waals surface area contributed by atoms with Crippen LogP contribution in [0, 0.1) is 5.41 Å². The van der Waals surface area contributed by atoms with E-state index in [-0.39, 0.29) is 18.4 Å². The van der Waals surface area contributed by atoms with Gasteiger partial charge < -0.3 is 14.7 Å². The van der Waals surface area contributed by atoms with Crippen LogP contribution in [0.15, 0.2) is 30.3 Å². The largest absolute Gasteiger partial charge is 0.341 e. The lowest BCUT2D eigenvalue weighted by Crippen LogP contribution is -2.52. The monoisotopic (exact) mass is 369 g/mol. The lowest BCUT2D eigenvalue weighted by Gasteiger charge is -2.49. The molecular weight excluding hydrogens is 338 g/mol. The number of hydrogen-bond acceptors (Lipinski definition) is 3. The molecule has 0 aromatic heterocycles. The maximum atomic E-state index is 12.6. The minimum atomic E-state index is 0.129. The second kappa shape index (κ2) is 7.63. The molecule has 1 spiro atoms. The van der Waals surface area contributed by atoms with E-state index in [9.17, 15) is 9.59 Å². The van der Waals surface area contributed by atoms with Crippen LogP contribution < -0.4 is 0 Å². The van der Waals surface area contributed by atoms with Crippen molar-refractivity contribution in [3.63, 3.8) is 0 Å². The van der Waals surface area contributed by atoms with E-state index in [2.05, 4.69) is 42.3 Å².